The van der Waals surface area contributed by atoms with Crippen LogP contribution in [0.4, 0.5) is 0 Å². The van der Waals surface area contributed by atoms with E-state index in [0.717, 1.165) is 48.2 Å². The van der Waals surface area contributed by atoms with E-state index in [1.54, 1.807) is 13.2 Å². The van der Waals surface area contributed by atoms with E-state index in [1.165, 1.54) is 6.92 Å². The highest BCUT2D eigenvalue weighted by Crippen LogP contribution is 2.42. The van der Waals surface area contributed by atoms with Crippen molar-refractivity contribution >= 4 is 17.4 Å². The Morgan fingerprint density at radius 2 is 1.92 bits per heavy atom. The average molecular weight is 343 g/mol. The van der Waals surface area contributed by atoms with Gasteiger partial charge in [-0.3, -0.25) is 4.79 Å². The normalized spacial score (nSPS) is 18.6. The van der Waals surface area contributed by atoms with E-state index in [-0.39, 0.29) is 11.5 Å². The lowest BCUT2D eigenvalue weighted by molar-refractivity contribution is -0.156. The molecule has 1 aliphatic rings. The fourth-order valence-electron chi connectivity index (χ4n) is 3.67. The van der Waals surface area contributed by atoms with Gasteiger partial charge in [-0.15, -0.1) is 0 Å². The Bertz CT molecular complexity index is 710. The Kier molecular flexibility index (Phi) is 5.86. The molecule has 0 aliphatic carbocycles. The summed E-state index contributed by atoms with van der Waals surface area (Å²) in [6, 6.07) is 4.04. The fourth-order valence-corrected chi connectivity index (χ4v) is 3.67. The first-order chi connectivity index (χ1) is 11.7. The maximum atomic E-state index is 12.5. The summed E-state index contributed by atoms with van der Waals surface area (Å²) >= 11 is 0. The molecule has 0 spiro atoms. The third-order valence-corrected chi connectivity index (χ3v) is 5.22. The van der Waals surface area contributed by atoms with Crippen molar-refractivity contribution in [2.24, 2.45) is 5.41 Å². The molecule has 0 radical (unpaired) electrons. The largest absolute Gasteiger partial charge is 0.511 e. The molecule has 1 aromatic rings. The number of ketones is 1. The first-order valence-corrected chi connectivity index (χ1v) is 8.71. The maximum absolute atomic E-state index is 12.5. The van der Waals surface area contributed by atoms with Crippen LogP contribution in [0.15, 0.2) is 24.5 Å². The minimum Gasteiger partial charge on any atom is -0.511 e. The zero-order valence-corrected chi connectivity index (χ0v) is 16.0. The maximum Gasteiger partial charge on any atom is 0.163 e. The van der Waals surface area contributed by atoms with Gasteiger partial charge in [0.1, 0.15) is 5.76 Å². The highest BCUT2D eigenvalue weighted by Gasteiger charge is 2.37. The molecule has 0 saturated carbocycles. The van der Waals surface area contributed by atoms with Gasteiger partial charge in [0.15, 0.2) is 5.78 Å². The molecule has 2 rings (SSSR count). The fraction of sp³-hybridized carbons (Fsp3) is 0.476. The summed E-state index contributed by atoms with van der Waals surface area (Å²) in [5.74, 6) is 0.0637. The molecule has 0 bridgehead atoms. The number of Topliss-reactive ketones (excluding diaryl/α,β-unsaturated/α-hetero) is 1. The number of aryl methyl sites for hydroxylation is 2. The predicted molar refractivity (Wildman–Crippen MR) is 102 cm³/mol. The zero-order valence-electron chi connectivity index (χ0n) is 16.0. The van der Waals surface area contributed by atoms with Gasteiger partial charge in [-0.1, -0.05) is 37.3 Å². The second kappa shape index (κ2) is 7.54. The molecule has 1 aliphatic heterocycles. The Hall–Kier alpha value is -1.91. The molecule has 4 heteroatoms. The Balaban J connectivity index is 2.60. The van der Waals surface area contributed by atoms with Crippen molar-refractivity contribution in [2.45, 2.75) is 40.5 Å². The summed E-state index contributed by atoms with van der Waals surface area (Å²) < 4.78 is 0. The first kappa shape index (κ1) is 19.4. The van der Waals surface area contributed by atoms with Gasteiger partial charge in [0.2, 0.25) is 0 Å². The molecule has 1 saturated heterocycles. The molecule has 0 aromatic heterocycles. The Labute approximate surface area is 150 Å². The lowest BCUT2D eigenvalue weighted by Crippen LogP contribution is -2.39. The van der Waals surface area contributed by atoms with Crippen LogP contribution in [0.3, 0.4) is 0 Å². The molecule has 1 heterocycles. The molecule has 0 atom stereocenters. The van der Waals surface area contributed by atoms with Crippen LogP contribution < -0.4 is 0 Å². The van der Waals surface area contributed by atoms with E-state index in [2.05, 4.69) is 6.58 Å². The molecular formula is C21H29NO3. The summed E-state index contributed by atoms with van der Waals surface area (Å²) in [4.78, 5) is 17.8. The van der Waals surface area contributed by atoms with Crippen LogP contribution in [-0.2, 0) is 9.63 Å². The van der Waals surface area contributed by atoms with E-state index < -0.39 is 5.41 Å². The number of aliphatic hydroxyl groups excluding tert-OH is 1. The number of allylic oxidation sites excluding steroid dienone is 2. The molecule has 4 nitrogen and oxygen atoms in total. The van der Waals surface area contributed by atoms with Crippen LogP contribution in [-0.4, -0.2) is 36.2 Å². The molecule has 1 aromatic carbocycles. The van der Waals surface area contributed by atoms with Gasteiger partial charge in [-0.25, -0.2) is 0 Å². The summed E-state index contributed by atoms with van der Waals surface area (Å²) in [5, 5.41) is 13.0. The molecule has 1 fully saturated rings. The monoisotopic (exact) mass is 343 g/mol. The van der Waals surface area contributed by atoms with Crippen molar-refractivity contribution in [3.8, 4) is 0 Å². The van der Waals surface area contributed by atoms with E-state index in [9.17, 15) is 9.90 Å². The van der Waals surface area contributed by atoms with Crippen molar-refractivity contribution in [1.29, 1.82) is 0 Å². The Morgan fingerprint density at radius 3 is 2.40 bits per heavy atom. The summed E-state index contributed by atoms with van der Waals surface area (Å²) in [6.07, 6.45) is 3.22. The average Bonchev–Trinajstić information content (AvgIpc) is 2.56. The second-order valence-electron chi connectivity index (χ2n) is 7.20. The predicted octanol–water partition coefficient (Wildman–Crippen LogP) is 4.47. The summed E-state index contributed by atoms with van der Waals surface area (Å²) in [6.45, 7) is 12.9. The summed E-state index contributed by atoms with van der Waals surface area (Å²) in [7, 11) is 1.66. The quantitative estimate of drug-likeness (QED) is 0.633. The molecule has 0 amide bonds. The summed E-state index contributed by atoms with van der Waals surface area (Å²) in [5.41, 5.74) is 3.74. The van der Waals surface area contributed by atoms with Crippen LogP contribution >= 0.6 is 0 Å². The second-order valence-corrected chi connectivity index (χ2v) is 7.20. The number of hydroxylamine groups is 2. The highest BCUT2D eigenvalue weighted by molar-refractivity contribution is 6.21. The van der Waals surface area contributed by atoms with Crippen LogP contribution in [0.5, 0.6) is 0 Å². The van der Waals surface area contributed by atoms with Crippen molar-refractivity contribution in [3.05, 3.63) is 46.7 Å². The molecule has 136 valence electrons. The van der Waals surface area contributed by atoms with Crippen LogP contribution in [0.1, 0.15) is 48.9 Å². The van der Waals surface area contributed by atoms with Gasteiger partial charge in [-0.05, 0) is 50.3 Å². The molecule has 0 unspecified atom stereocenters. The van der Waals surface area contributed by atoms with Gasteiger partial charge < -0.3 is 9.94 Å². The number of carbonyl (C=O) groups is 1. The smallest absolute Gasteiger partial charge is 0.163 e. The van der Waals surface area contributed by atoms with Gasteiger partial charge >= 0.3 is 0 Å². The first-order valence-electron chi connectivity index (χ1n) is 8.71. The van der Waals surface area contributed by atoms with Crippen molar-refractivity contribution in [1.82, 2.24) is 5.06 Å². The number of nitrogens with zero attached hydrogens (tertiary/aromatic N) is 1. The zero-order chi connectivity index (χ0) is 18.8. The number of carbonyl (C=O) groups excluding carboxylic acids is 1. The number of hydrogen-bond acceptors (Lipinski definition) is 4. The SMILES string of the molecule is C=Cc1cc(C)cc(C)c1/C(C(C)=O)=C(\O)C1(C)CCN(OC)CC1. The molecule has 1 N–H and O–H groups in total. The van der Waals surface area contributed by atoms with Gasteiger partial charge in [0, 0.05) is 18.5 Å². The van der Waals surface area contributed by atoms with Gasteiger partial charge in [-0.2, -0.15) is 5.06 Å². The highest BCUT2D eigenvalue weighted by atomic mass is 16.7. The standard InChI is InChI=1S/C21H29NO3/c1-7-17-13-14(2)12-15(3)18(17)19(16(4)23)20(24)21(5)8-10-22(25-6)11-9-21/h7,12-13,24H,1,8-11H2,2-6H3/b20-19-. The minimum absolute atomic E-state index is 0.122. The van der Waals surface area contributed by atoms with Gasteiger partial charge in [0.05, 0.1) is 12.7 Å². The number of hydrogen-bond donors (Lipinski definition) is 1. The minimum atomic E-state index is -0.439. The van der Waals surface area contributed by atoms with Crippen LogP contribution in [0, 0.1) is 19.3 Å². The van der Waals surface area contributed by atoms with E-state index in [0.29, 0.717) is 5.57 Å². The van der Waals surface area contributed by atoms with Crippen LogP contribution in [0.25, 0.3) is 11.6 Å². The number of benzene rings is 1. The molecular weight excluding hydrogens is 314 g/mol. The van der Waals surface area contributed by atoms with Crippen molar-refractivity contribution in [2.75, 3.05) is 20.2 Å². The molecule has 25 heavy (non-hydrogen) atoms. The van der Waals surface area contributed by atoms with Gasteiger partial charge in [0.25, 0.3) is 0 Å². The Morgan fingerprint density at radius 1 is 1.32 bits per heavy atom. The van der Waals surface area contributed by atoms with Crippen molar-refractivity contribution in [3.63, 3.8) is 0 Å². The number of piperidine rings is 1. The number of rotatable bonds is 5. The van der Waals surface area contributed by atoms with E-state index >= 15 is 0 Å². The van der Waals surface area contributed by atoms with E-state index in [4.69, 9.17) is 4.84 Å². The topological polar surface area (TPSA) is 49.8 Å². The van der Waals surface area contributed by atoms with Crippen molar-refractivity contribution < 1.29 is 14.7 Å². The van der Waals surface area contributed by atoms with E-state index in [1.807, 2.05) is 38.0 Å². The lowest BCUT2D eigenvalue weighted by Gasteiger charge is -2.38. The number of aliphatic hydroxyl groups is 1. The third-order valence-electron chi connectivity index (χ3n) is 5.22. The van der Waals surface area contributed by atoms with Crippen LogP contribution in [0.2, 0.25) is 0 Å². The lowest BCUT2D eigenvalue weighted by atomic mass is 9.75. The third kappa shape index (κ3) is 3.86.